The molecule has 0 bridgehead atoms. The fourth-order valence-electron chi connectivity index (χ4n) is 2.93. The van der Waals surface area contributed by atoms with Gasteiger partial charge in [-0.3, -0.25) is 14.2 Å². The second-order valence-electron chi connectivity index (χ2n) is 5.96. The molecule has 0 radical (unpaired) electrons. The van der Waals surface area contributed by atoms with Gasteiger partial charge in [0.25, 0.3) is 0 Å². The van der Waals surface area contributed by atoms with E-state index in [1.165, 1.54) is 11.8 Å². The maximum atomic E-state index is 12.6. The van der Waals surface area contributed by atoms with E-state index in [0.29, 0.717) is 22.9 Å². The summed E-state index contributed by atoms with van der Waals surface area (Å²) < 4.78 is 7.18. The molecule has 8 heteroatoms. The van der Waals surface area contributed by atoms with E-state index in [4.69, 9.17) is 4.74 Å². The van der Waals surface area contributed by atoms with Gasteiger partial charge in [0.15, 0.2) is 10.9 Å². The van der Waals surface area contributed by atoms with Gasteiger partial charge in [0, 0.05) is 11.3 Å². The number of thioether (sulfide) groups is 1. The molecule has 27 heavy (non-hydrogen) atoms. The average Bonchev–Trinajstić information content (AvgIpc) is 3.30. The van der Waals surface area contributed by atoms with Crippen molar-refractivity contribution in [3.8, 4) is 11.4 Å². The van der Waals surface area contributed by atoms with E-state index in [9.17, 15) is 9.59 Å². The monoisotopic (exact) mass is 380 g/mol. The van der Waals surface area contributed by atoms with Crippen LogP contribution in [0.25, 0.3) is 5.69 Å². The van der Waals surface area contributed by atoms with E-state index in [0.717, 1.165) is 16.9 Å². The molecule has 7 nitrogen and oxygen atoms in total. The number of para-hydroxylation sites is 2. The molecular formula is C19H16N4O3S. The summed E-state index contributed by atoms with van der Waals surface area (Å²) in [6.45, 7) is 0. The highest BCUT2D eigenvalue weighted by molar-refractivity contribution is 7.99. The molecule has 1 amide bonds. The molecule has 0 fully saturated rings. The fraction of sp³-hybridized carbons (Fsp3) is 0.158. The number of aromatic nitrogens is 3. The Morgan fingerprint density at radius 2 is 2.15 bits per heavy atom. The molecule has 1 N–H and O–H groups in total. The minimum atomic E-state index is -0.0473. The number of amides is 1. The van der Waals surface area contributed by atoms with Crippen molar-refractivity contribution in [3.05, 3.63) is 59.9 Å². The lowest BCUT2D eigenvalue weighted by molar-refractivity contribution is -0.115. The van der Waals surface area contributed by atoms with Crippen LogP contribution in [0.5, 0.6) is 5.75 Å². The molecule has 0 saturated carbocycles. The first kappa shape index (κ1) is 17.3. The Morgan fingerprint density at radius 1 is 1.30 bits per heavy atom. The quantitative estimate of drug-likeness (QED) is 0.523. The maximum absolute atomic E-state index is 12.6. The number of Topliss-reactive ketones (excluding diaryl/α,β-unsaturated/α-hetero) is 1. The van der Waals surface area contributed by atoms with Crippen LogP contribution < -0.4 is 10.1 Å². The van der Waals surface area contributed by atoms with Gasteiger partial charge in [-0.1, -0.05) is 23.9 Å². The van der Waals surface area contributed by atoms with Crippen molar-refractivity contribution in [3.63, 3.8) is 0 Å². The number of rotatable bonds is 6. The van der Waals surface area contributed by atoms with Crippen LogP contribution in [0, 0.1) is 0 Å². The second-order valence-corrected chi connectivity index (χ2v) is 6.91. The number of hydrogen-bond donors (Lipinski definition) is 1. The standard InChI is InChI=1S/C19H16N4O3S/c1-26-17-5-3-2-4-15(17)23-11-20-22-19(23)27-10-16(24)12-6-7-14-13(8-12)9-18(25)21-14/h2-8,11H,9-10H2,1H3,(H,21,25). The number of hydrogen-bond acceptors (Lipinski definition) is 6. The van der Waals surface area contributed by atoms with Crippen LogP contribution >= 0.6 is 11.8 Å². The number of fused-ring (bicyclic) bond motifs is 1. The van der Waals surface area contributed by atoms with Crippen molar-refractivity contribution >= 4 is 29.1 Å². The minimum absolute atomic E-state index is 0.0308. The minimum Gasteiger partial charge on any atom is -0.495 e. The molecule has 0 spiro atoms. The topological polar surface area (TPSA) is 86.1 Å². The van der Waals surface area contributed by atoms with Crippen molar-refractivity contribution in [2.75, 3.05) is 18.2 Å². The number of ether oxygens (including phenoxy) is 1. The van der Waals surface area contributed by atoms with E-state index in [1.54, 1.807) is 36.2 Å². The molecule has 4 rings (SSSR count). The van der Waals surface area contributed by atoms with Crippen molar-refractivity contribution < 1.29 is 14.3 Å². The lowest BCUT2D eigenvalue weighted by Gasteiger charge is -2.10. The smallest absolute Gasteiger partial charge is 0.228 e. The largest absolute Gasteiger partial charge is 0.495 e. The van der Waals surface area contributed by atoms with E-state index >= 15 is 0 Å². The van der Waals surface area contributed by atoms with Gasteiger partial charge in [-0.2, -0.15) is 0 Å². The average molecular weight is 380 g/mol. The first-order valence-electron chi connectivity index (χ1n) is 8.28. The molecule has 3 aromatic rings. The molecule has 1 aromatic heterocycles. The summed E-state index contributed by atoms with van der Waals surface area (Å²) >= 11 is 1.31. The Morgan fingerprint density at radius 3 is 3.00 bits per heavy atom. The Bertz CT molecular complexity index is 1030. The summed E-state index contributed by atoms with van der Waals surface area (Å²) in [6, 6.07) is 12.8. The van der Waals surface area contributed by atoms with Crippen molar-refractivity contribution in [1.29, 1.82) is 0 Å². The van der Waals surface area contributed by atoms with Gasteiger partial charge in [0.1, 0.15) is 12.1 Å². The van der Waals surface area contributed by atoms with Crippen LogP contribution in [-0.4, -0.2) is 39.3 Å². The van der Waals surface area contributed by atoms with Crippen molar-refractivity contribution in [2.45, 2.75) is 11.6 Å². The van der Waals surface area contributed by atoms with Gasteiger partial charge in [-0.15, -0.1) is 10.2 Å². The van der Waals surface area contributed by atoms with Gasteiger partial charge in [-0.05, 0) is 35.9 Å². The molecule has 0 saturated heterocycles. The Balaban J connectivity index is 1.50. The van der Waals surface area contributed by atoms with E-state index in [1.807, 2.05) is 24.3 Å². The highest BCUT2D eigenvalue weighted by atomic mass is 32.2. The summed E-state index contributed by atoms with van der Waals surface area (Å²) in [6.07, 6.45) is 1.91. The Hall–Kier alpha value is -3.13. The van der Waals surface area contributed by atoms with E-state index in [-0.39, 0.29) is 17.4 Å². The predicted octanol–water partition coefficient (Wildman–Crippen LogP) is 2.75. The number of methoxy groups -OCH3 is 1. The first-order valence-corrected chi connectivity index (χ1v) is 9.26. The highest BCUT2D eigenvalue weighted by Gasteiger charge is 2.20. The molecule has 0 aliphatic carbocycles. The summed E-state index contributed by atoms with van der Waals surface area (Å²) in [4.78, 5) is 24.0. The van der Waals surface area contributed by atoms with Crippen LogP contribution in [0.3, 0.4) is 0 Å². The fourth-order valence-corrected chi connectivity index (χ4v) is 3.75. The molecular weight excluding hydrogens is 364 g/mol. The third-order valence-corrected chi connectivity index (χ3v) is 5.19. The number of anilines is 1. The molecule has 1 aliphatic rings. The molecule has 2 heterocycles. The van der Waals surface area contributed by atoms with Crippen LogP contribution in [-0.2, 0) is 11.2 Å². The third kappa shape index (κ3) is 3.43. The normalized spacial score (nSPS) is 12.6. The van der Waals surface area contributed by atoms with Gasteiger partial charge in [0.2, 0.25) is 5.91 Å². The van der Waals surface area contributed by atoms with Crippen molar-refractivity contribution in [2.24, 2.45) is 0 Å². The van der Waals surface area contributed by atoms with Crippen LogP contribution in [0.1, 0.15) is 15.9 Å². The van der Waals surface area contributed by atoms with Crippen molar-refractivity contribution in [1.82, 2.24) is 14.8 Å². The summed E-state index contributed by atoms with van der Waals surface area (Å²) in [7, 11) is 1.60. The predicted molar refractivity (Wildman–Crippen MR) is 102 cm³/mol. The number of carbonyl (C=O) groups excluding carboxylic acids is 2. The molecule has 2 aromatic carbocycles. The molecule has 0 atom stereocenters. The molecule has 1 aliphatic heterocycles. The van der Waals surface area contributed by atoms with E-state index < -0.39 is 0 Å². The second kappa shape index (κ2) is 7.24. The van der Waals surface area contributed by atoms with Crippen LogP contribution in [0.4, 0.5) is 5.69 Å². The summed E-state index contributed by atoms with van der Waals surface area (Å²) in [5.41, 5.74) is 3.02. The van der Waals surface area contributed by atoms with Crippen LogP contribution in [0.15, 0.2) is 53.9 Å². The molecule has 136 valence electrons. The van der Waals surface area contributed by atoms with Gasteiger partial charge < -0.3 is 10.1 Å². The van der Waals surface area contributed by atoms with Gasteiger partial charge in [-0.25, -0.2) is 0 Å². The Kier molecular flexibility index (Phi) is 4.64. The van der Waals surface area contributed by atoms with E-state index in [2.05, 4.69) is 15.5 Å². The number of nitrogens with zero attached hydrogens (tertiary/aromatic N) is 3. The zero-order valence-electron chi connectivity index (χ0n) is 14.5. The number of ketones is 1. The SMILES string of the molecule is COc1ccccc1-n1cnnc1SCC(=O)c1ccc2c(c1)CC(=O)N2. The zero-order chi connectivity index (χ0) is 18.8. The van der Waals surface area contributed by atoms with Gasteiger partial charge >= 0.3 is 0 Å². The Labute approximate surface area is 159 Å². The number of carbonyl (C=O) groups is 2. The first-order chi connectivity index (χ1) is 13.2. The number of benzene rings is 2. The molecule has 0 unspecified atom stereocenters. The summed E-state index contributed by atoms with van der Waals surface area (Å²) in [5.74, 6) is 0.834. The highest BCUT2D eigenvalue weighted by Crippen LogP contribution is 2.28. The third-order valence-electron chi connectivity index (χ3n) is 4.25. The van der Waals surface area contributed by atoms with Crippen LogP contribution in [0.2, 0.25) is 0 Å². The summed E-state index contributed by atoms with van der Waals surface area (Å²) in [5, 5.41) is 11.4. The lowest BCUT2D eigenvalue weighted by Crippen LogP contribution is -2.05. The number of nitrogens with one attached hydrogen (secondary N) is 1. The zero-order valence-corrected chi connectivity index (χ0v) is 15.3. The maximum Gasteiger partial charge on any atom is 0.228 e. The lowest BCUT2D eigenvalue weighted by atomic mass is 10.1. The van der Waals surface area contributed by atoms with Gasteiger partial charge in [0.05, 0.1) is 25.0 Å².